The van der Waals surface area contributed by atoms with Crippen molar-refractivity contribution >= 4 is 0 Å². The summed E-state index contributed by atoms with van der Waals surface area (Å²) >= 11 is 0. The minimum absolute atomic E-state index is 0.320. The topological polar surface area (TPSA) is 38.7 Å². The third kappa shape index (κ3) is 3.16. The van der Waals surface area contributed by atoms with Crippen LogP contribution in [0.25, 0.3) is 0 Å². The Bertz CT molecular complexity index is 437. The summed E-state index contributed by atoms with van der Waals surface area (Å²) in [4.78, 5) is 0. The second kappa shape index (κ2) is 4.89. The average molecular weight is 260 g/mol. The highest BCUT2D eigenvalue weighted by molar-refractivity contribution is 5.31. The molecule has 2 rings (SSSR count). The van der Waals surface area contributed by atoms with Crippen molar-refractivity contribution < 1.29 is 27.8 Å². The first kappa shape index (κ1) is 12.8. The van der Waals surface area contributed by atoms with E-state index in [0.717, 1.165) is 18.6 Å². The molecule has 0 saturated carbocycles. The van der Waals surface area contributed by atoms with Crippen molar-refractivity contribution in [2.24, 2.45) is 0 Å². The molecule has 3 nitrogen and oxygen atoms in total. The summed E-state index contributed by atoms with van der Waals surface area (Å²) in [5, 5.41) is 9.89. The molecule has 0 radical (unpaired) electrons. The number of aliphatic hydroxyl groups excluding tert-OH is 1. The Morgan fingerprint density at radius 1 is 1.22 bits per heavy atom. The first-order chi connectivity index (χ1) is 8.46. The Labute approximate surface area is 101 Å². The highest BCUT2D eigenvalue weighted by Crippen LogP contribution is 2.29. The molecule has 6 heteroatoms. The number of hydrogen-bond acceptors (Lipinski definition) is 3. The van der Waals surface area contributed by atoms with E-state index in [1.807, 2.05) is 0 Å². The standard InChI is InChI=1S/C12H11F3O3/c13-12(14,15)18-9-5-3-8(4-6-9)11(16)10-2-1-7-17-10/h2-6,11,16H,1,7H2. The lowest BCUT2D eigenvalue weighted by Gasteiger charge is -2.13. The molecule has 0 spiro atoms. The predicted octanol–water partition coefficient (Wildman–Crippen LogP) is 2.92. The fourth-order valence-electron chi connectivity index (χ4n) is 1.64. The van der Waals surface area contributed by atoms with Crippen molar-refractivity contribution in [2.75, 3.05) is 6.61 Å². The summed E-state index contributed by atoms with van der Waals surface area (Å²) in [6.07, 6.45) is -3.18. The summed E-state index contributed by atoms with van der Waals surface area (Å²) < 4.78 is 44.8. The predicted molar refractivity (Wildman–Crippen MR) is 56.7 cm³/mol. The van der Waals surface area contributed by atoms with Crippen molar-refractivity contribution in [3.05, 3.63) is 41.7 Å². The summed E-state index contributed by atoms with van der Waals surface area (Å²) in [6.45, 7) is 0.516. The maximum Gasteiger partial charge on any atom is 0.573 e. The average Bonchev–Trinajstić information content (AvgIpc) is 2.80. The van der Waals surface area contributed by atoms with Gasteiger partial charge < -0.3 is 14.6 Å². The maximum absolute atomic E-state index is 11.9. The van der Waals surface area contributed by atoms with Crippen LogP contribution in [0, 0.1) is 0 Å². The molecule has 1 aliphatic heterocycles. The van der Waals surface area contributed by atoms with Crippen LogP contribution in [0.5, 0.6) is 5.75 Å². The largest absolute Gasteiger partial charge is 0.573 e. The van der Waals surface area contributed by atoms with Crippen molar-refractivity contribution in [3.8, 4) is 5.75 Å². The lowest BCUT2D eigenvalue weighted by atomic mass is 10.1. The van der Waals surface area contributed by atoms with Crippen LogP contribution in [0.3, 0.4) is 0 Å². The second-order valence-electron chi connectivity index (χ2n) is 3.76. The molecule has 1 unspecified atom stereocenters. The monoisotopic (exact) mass is 260 g/mol. The van der Waals surface area contributed by atoms with E-state index in [1.54, 1.807) is 6.08 Å². The van der Waals surface area contributed by atoms with Crippen LogP contribution in [-0.2, 0) is 4.74 Å². The van der Waals surface area contributed by atoms with E-state index in [9.17, 15) is 18.3 Å². The Kier molecular flexibility index (Phi) is 3.47. The molecule has 1 aromatic rings. The van der Waals surface area contributed by atoms with Gasteiger partial charge in [0.05, 0.1) is 6.61 Å². The number of aliphatic hydroxyl groups is 1. The van der Waals surface area contributed by atoms with Crippen LogP contribution in [0.2, 0.25) is 0 Å². The van der Waals surface area contributed by atoms with Crippen molar-refractivity contribution in [1.29, 1.82) is 0 Å². The van der Waals surface area contributed by atoms with Gasteiger partial charge in [-0.1, -0.05) is 12.1 Å². The second-order valence-corrected chi connectivity index (χ2v) is 3.76. The van der Waals surface area contributed by atoms with Crippen LogP contribution in [0.1, 0.15) is 18.1 Å². The minimum Gasteiger partial charge on any atom is -0.495 e. The van der Waals surface area contributed by atoms with Crippen LogP contribution in [0.4, 0.5) is 13.2 Å². The molecule has 1 aromatic carbocycles. The van der Waals surface area contributed by atoms with E-state index in [2.05, 4.69) is 4.74 Å². The summed E-state index contributed by atoms with van der Waals surface area (Å²) in [5.74, 6) is 0.110. The van der Waals surface area contributed by atoms with Gasteiger partial charge in [-0.15, -0.1) is 13.2 Å². The lowest BCUT2D eigenvalue weighted by molar-refractivity contribution is -0.274. The van der Waals surface area contributed by atoms with Gasteiger partial charge in [-0.3, -0.25) is 0 Å². The fourth-order valence-corrected chi connectivity index (χ4v) is 1.64. The molecule has 1 heterocycles. The van der Waals surface area contributed by atoms with Gasteiger partial charge in [-0.05, 0) is 23.8 Å². The smallest absolute Gasteiger partial charge is 0.495 e. The molecule has 18 heavy (non-hydrogen) atoms. The summed E-state index contributed by atoms with van der Waals surface area (Å²) in [6, 6.07) is 5.05. The fraction of sp³-hybridized carbons (Fsp3) is 0.333. The highest BCUT2D eigenvalue weighted by atomic mass is 19.4. The number of ether oxygens (including phenoxy) is 2. The SMILES string of the molecule is OC(C1=CCCO1)c1ccc(OC(F)(F)F)cc1. The molecular weight excluding hydrogens is 249 g/mol. The Morgan fingerprint density at radius 2 is 1.89 bits per heavy atom. The van der Waals surface area contributed by atoms with Gasteiger partial charge in [-0.25, -0.2) is 0 Å². The van der Waals surface area contributed by atoms with Crippen molar-refractivity contribution in [3.63, 3.8) is 0 Å². The number of alkyl halides is 3. The number of halogens is 3. The van der Waals surface area contributed by atoms with Crippen molar-refractivity contribution in [2.45, 2.75) is 18.9 Å². The van der Waals surface area contributed by atoms with Gasteiger partial charge in [0.1, 0.15) is 17.6 Å². The summed E-state index contributed by atoms with van der Waals surface area (Å²) in [5.41, 5.74) is 0.456. The Balaban J connectivity index is 2.07. The van der Waals surface area contributed by atoms with E-state index in [0.29, 0.717) is 17.9 Å². The molecule has 0 saturated heterocycles. The van der Waals surface area contributed by atoms with Gasteiger partial charge in [0.15, 0.2) is 0 Å². The van der Waals surface area contributed by atoms with E-state index in [4.69, 9.17) is 4.74 Å². The molecule has 0 bridgehead atoms. The maximum atomic E-state index is 11.9. The quantitative estimate of drug-likeness (QED) is 0.908. The van der Waals surface area contributed by atoms with Crippen molar-refractivity contribution in [1.82, 2.24) is 0 Å². The molecule has 1 N–H and O–H groups in total. The molecule has 0 aromatic heterocycles. The zero-order chi connectivity index (χ0) is 13.2. The number of benzene rings is 1. The van der Waals surface area contributed by atoms with Gasteiger partial charge in [-0.2, -0.15) is 0 Å². The van der Waals surface area contributed by atoms with Gasteiger partial charge in [0.2, 0.25) is 0 Å². The Morgan fingerprint density at radius 3 is 2.39 bits per heavy atom. The third-order valence-corrected chi connectivity index (χ3v) is 2.43. The minimum atomic E-state index is -4.71. The normalized spacial score (nSPS) is 17.0. The lowest BCUT2D eigenvalue weighted by Crippen LogP contribution is -2.17. The molecule has 0 aliphatic carbocycles. The molecule has 98 valence electrons. The van der Waals surface area contributed by atoms with Crippen LogP contribution in [0.15, 0.2) is 36.1 Å². The zero-order valence-electron chi connectivity index (χ0n) is 9.28. The molecular formula is C12H11F3O3. The van der Waals surface area contributed by atoms with E-state index >= 15 is 0 Å². The van der Waals surface area contributed by atoms with Crippen LogP contribution < -0.4 is 4.74 Å². The Hall–Kier alpha value is -1.69. The van der Waals surface area contributed by atoms with E-state index < -0.39 is 12.5 Å². The van der Waals surface area contributed by atoms with Gasteiger partial charge >= 0.3 is 6.36 Å². The van der Waals surface area contributed by atoms with E-state index in [-0.39, 0.29) is 5.75 Å². The summed E-state index contributed by atoms with van der Waals surface area (Å²) in [7, 11) is 0. The molecule has 0 fully saturated rings. The first-order valence-corrected chi connectivity index (χ1v) is 5.32. The molecule has 0 amide bonds. The van der Waals surface area contributed by atoms with Crippen LogP contribution in [-0.4, -0.2) is 18.1 Å². The third-order valence-electron chi connectivity index (χ3n) is 2.43. The number of rotatable bonds is 3. The van der Waals surface area contributed by atoms with Gasteiger partial charge in [0, 0.05) is 6.42 Å². The van der Waals surface area contributed by atoms with E-state index in [1.165, 1.54) is 12.1 Å². The number of hydrogen-bond donors (Lipinski definition) is 1. The van der Waals surface area contributed by atoms with Gasteiger partial charge in [0.25, 0.3) is 0 Å². The molecule has 1 atom stereocenters. The highest BCUT2D eigenvalue weighted by Gasteiger charge is 2.31. The molecule has 1 aliphatic rings. The first-order valence-electron chi connectivity index (χ1n) is 5.32. The zero-order valence-corrected chi connectivity index (χ0v) is 9.28. The van der Waals surface area contributed by atoms with Crippen LogP contribution >= 0.6 is 0 Å².